The maximum absolute atomic E-state index is 15.4. The fraction of sp³-hybridized carbons (Fsp3) is 0.846. The maximum atomic E-state index is 15.4. The van der Waals surface area contributed by atoms with E-state index >= 15 is 9.59 Å². The van der Waals surface area contributed by atoms with Gasteiger partial charge < -0.3 is 48.1 Å². The molecular weight excluding hydrogens is 692 g/mol. The minimum Gasteiger partial charge on any atom is -0.469 e. The van der Waals surface area contributed by atoms with E-state index in [2.05, 4.69) is 0 Å². The Kier molecular flexibility index (Phi) is 7.41. The molecule has 7 fully saturated rings. The second kappa shape index (κ2) is 10.5. The van der Waals surface area contributed by atoms with Crippen LogP contribution in [0.3, 0.4) is 0 Å². The van der Waals surface area contributed by atoms with Crippen molar-refractivity contribution >= 4 is 23.7 Å². The molecule has 2 spiro atoms. The van der Waals surface area contributed by atoms with Gasteiger partial charge in [0, 0.05) is 48.7 Å². The second-order valence-electron chi connectivity index (χ2n) is 18.8. The summed E-state index contributed by atoms with van der Waals surface area (Å²) in [5.41, 5.74) is -13.3. The highest BCUT2D eigenvalue weighted by atomic mass is 16.9. The summed E-state index contributed by atoms with van der Waals surface area (Å²) >= 11 is 0. The number of carbonyl (C=O) groups is 4. The average Bonchev–Trinajstić information content (AvgIpc) is 3.61. The molecule has 2 N–H and O–H groups in total. The van der Waals surface area contributed by atoms with E-state index < -0.39 is 128 Å². The van der Waals surface area contributed by atoms with E-state index in [1.165, 1.54) is 14.2 Å². The third kappa shape index (κ3) is 3.59. The van der Waals surface area contributed by atoms with Crippen LogP contribution in [-0.2, 0) is 57.1 Å². The normalized spacial score (nSPS) is 53.5. The van der Waals surface area contributed by atoms with E-state index in [9.17, 15) is 19.8 Å². The zero-order chi connectivity index (χ0) is 39.1. The summed E-state index contributed by atoms with van der Waals surface area (Å²) in [6.07, 6.45) is -4.81. The Morgan fingerprint density at radius 1 is 0.962 bits per heavy atom. The van der Waals surface area contributed by atoms with Gasteiger partial charge in [-0.1, -0.05) is 55.4 Å². The lowest BCUT2D eigenvalue weighted by Crippen LogP contribution is -2.99. The summed E-state index contributed by atoms with van der Waals surface area (Å²) < 4.78 is 51.7. The van der Waals surface area contributed by atoms with Crippen molar-refractivity contribution in [2.75, 3.05) is 14.2 Å². The van der Waals surface area contributed by atoms with E-state index in [1.807, 2.05) is 13.8 Å². The lowest BCUT2D eigenvalue weighted by molar-refractivity contribution is -0.506. The van der Waals surface area contributed by atoms with Crippen LogP contribution in [0.4, 0.5) is 0 Å². The summed E-state index contributed by atoms with van der Waals surface area (Å²) in [6, 6.07) is 0. The highest BCUT2D eigenvalue weighted by Gasteiger charge is 3.02. The third-order valence-electron chi connectivity index (χ3n) is 15.6. The monoisotopic (exact) mass is 746 g/mol. The zero-order valence-electron chi connectivity index (χ0n) is 32.7. The lowest BCUT2D eigenvalue weighted by atomic mass is 9.26. The standard InChI is InChI=1S/C39H54O14/c1-17(2)23(41)37-25-19(15-22(47-12)48-25)24(49-26(42)18(3)4)32(7)13-14-36-33(8)20(16-21(40)46-11)31(5,6)28(43)38(45)29(50-30(37)44)39(36,27(32)37)53-35(10,52-36)51-34(33,38)9/h15,17-18,20,22,24-25,27-29,43,45H,13-14,16H2,1-12H3/t20-,22?,24-,25+,27-,28-,29+,32-,33+,34+,35?,36-,37+,38-,39+/m0/s1. The van der Waals surface area contributed by atoms with Crippen molar-refractivity contribution in [1.82, 2.24) is 0 Å². The van der Waals surface area contributed by atoms with Gasteiger partial charge in [-0.2, -0.15) is 0 Å². The van der Waals surface area contributed by atoms with Crippen LogP contribution in [0, 0.1) is 45.3 Å². The smallest absolute Gasteiger partial charge is 0.323 e. The van der Waals surface area contributed by atoms with Gasteiger partial charge in [-0.05, 0) is 37.2 Å². The first-order valence-corrected chi connectivity index (χ1v) is 18.9. The van der Waals surface area contributed by atoms with Crippen molar-refractivity contribution < 1.29 is 67.3 Å². The topological polar surface area (TPSA) is 183 Å². The lowest BCUT2D eigenvalue weighted by Gasteiger charge is -2.83. The van der Waals surface area contributed by atoms with Gasteiger partial charge in [0.25, 0.3) is 5.97 Å². The predicted molar refractivity (Wildman–Crippen MR) is 180 cm³/mol. The molecular formula is C39H54O14. The summed E-state index contributed by atoms with van der Waals surface area (Å²) in [5, 5.41) is 26.3. The van der Waals surface area contributed by atoms with Gasteiger partial charge in [0.2, 0.25) is 0 Å². The van der Waals surface area contributed by atoms with Crippen LogP contribution in [0.15, 0.2) is 11.6 Å². The highest BCUT2D eigenvalue weighted by molar-refractivity contribution is 6.08. The Morgan fingerprint density at radius 2 is 1.62 bits per heavy atom. The molecule has 4 aliphatic heterocycles. The van der Waals surface area contributed by atoms with Gasteiger partial charge in [0.05, 0.1) is 19.1 Å². The number of carbonyl (C=O) groups excluding carboxylic acids is 4. The number of ether oxygens (including phenoxy) is 8. The molecule has 0 amide bonds. The minimum atomic E-state index is -2.39. The number of aliphatic hydroxyl groups is 2. The maximum Gasteiger partial charge on any atom is 0.323 e. The fourth-order valence-corrected chi connectivity index (χ4v) is 13.6. The van der Waals surface area contributed by atoms with E-state index in [4.69, 9.17) is 37.9 Å². The van der Waals surface area contributed by atoms with Crippen LogP contribution >= 0.6 is 0 Å². The number of methoxy groups -OCH3 is 2. The van der Waals surface area contributed by atoms with Crippen molar-refractivity contribution in [3.8, 4) is 0 Å². The number of ketones is 1. The van der Waals surface area contributed by atoms with Gasteiger partial charge in [0.15, 0.2) is 29.2 Å². The van der Waals surface area contributed by atoms with Crippen molar-refractivity contribution in [3.63, 3.8) is 0 Å². The van der Waals surface area contributed by atoms with Gasteiger partial charge in [-0.3, -0.25) is 19.2 Å². The fourth-order valence-electron chi connectivity index (χ4n) is 13.6. The van der Waals surface area contributed by atoms with Crippen LogP contribution in [0.1, 0.15) is 88.5 Å². The summed E-state index contributed by atoms with van der Waals surface area (Å²) in [4.78, 5) is 57.8. The highest BCUT2D eigenvalue weighted by Crippen LogP contribution is 2.86. The number of esters is 3. The molecule has 15 atom stereocenters. The van der Waals surface area contributed by atoms with E-state index in [0.717, 1.165) is 0 Å². The van der Waals surface area contributed by atoms with Gasteiger partial charge in [-0.15, -0.1) is 0 Å². The largest absolute Gasteiger partial charge is 0.469 e. The summed E-state index contributed by atoms with van der Waals surface area (Å²) in [6.45, 7) is 17.3. The van der Waals surface area contributed by atoms with Gasteiger partial charge in [-0.25, -0.2) is 0 Å². The Hall–Kier alpha value is -2.46. The molecule has 8 aliphatic rings. The SMILES string of the molecule is COC(=O)C[C@H]1C(C)(C)[C@H](O)[C@]2(O)[C@H]3OC(=O)[C@]4(C(=O)C(C)C)[C@@H]5OC(OC)C=C5[C@H](OC(=O)C(C)C)[C@]5(C)CC[C@@]67OC(C)(O[C@]36[C@@H]54)O[C@]2(C)[C@@]17C. The van der Waals surface area contributed by atoms with Crippen LogP contribution in [0.2, 0.25) is 0 Å². The molecule has 4 saturated carbocycles. The Labute approximate surface area is 309 Å². The number of rotatable bonds is 7. The first-order valence-electron chi connectivity index (χ1n) is 18.9. The van der Waals surface area contributed by atoms with Crippen LogP contribution in [0.25, 0.3) is 0 Å². The number of hydrogen-bond donors (Lipinski definition) is 2. The molecule has 3 saturated heterocycles. The molecule has 2 unspecified atom stereocenters. The number of Topliss-reactive ketones (excluding diaryl/α,β-unsaturated/α-hetero) is 1. The predicted octanol–water partition coefficient (Wildman–Crippen LogP) is 2.74. The second-order valence-corrected chi connectivity index (χ2v) is 18.8. The molecule has 8 rings (SSSR count). The van der Waals surface area contributed by atoms with Crippen molar-refractivity contribution in [2.24, 2.45) is 45.3 Å². The molecule has 0 aromatic rings. The minimum absolute atomic E-state index is 0.185. The van der Waals surface area contributed by atoms with Crippen LogP contribution < -0.4 is 0 Å². The third-order valence-corrected chi connectivity index (χ3v) is 15.6. The van der Waals surface area contributed by atoms with Crippen LogP contribution in [-0.4, -0.2) is 107 Å². The molecule has 53 heavy (non-hydrogen) atoms. The first kappa shape index (κ1) is 37.5. The first-order chi connectivity index (χ1) is 24.4. The zero-order valence-corrected chi connectivity index (χ0v) is 32.7. The molecule has 4 heterocycles. The van der Waals surface area contributed by atoms with Crippen molar-refractivity contribution in [3.05, 3.63) is 11.6 Å². The molecule has 0 aromatic heterocycles. The number of fused-ring (bicyclic) bond motifs is 4. The summed E-state index contributed by atoms with van der Waals surface area (Å²) in [7, 11) is 2.72. The van der Waals surface area contributed by atoms with E-state index in [1.54, 1.807) is 61.5 Å². The molecule has 4 aliphatic carbocycles. The van der Waals surface area contributed by atoms with Gasteiger partial charge in [0.1, 0.15) is 29.0 Å². The number of hydrogen-bond acceptors (Lipinski definition) is 14. The van der Waals surface area contributed by atoms with Crippen molar-refractivity contribution in [1.29, 1.82) is 0 Å². The molecule has 294 valence electrons. The molecule has 14 nitrogen and oxygen atoms in total. The molecule has 0 radical (unpaired) electrons. The Balaban J connectivity index is 1.51. The summed E-state index contributed by atoms with van der Waals surface area (Å²) in [5.74, 6) is -7.69. The van der Waals surface area contributed by atoms with Crippen molar-refractivity contribution in [2.45, 2.75) is 148 Å². The van der Waals surface area contributed by atoms with Gasteiger partial charge >= 0.3 is 17.9 Å². The average molecular weight is 747 g/mol. The Morgan fingerprint density at radius 3 is 2.21 bits per heavy atom. The molecule has 14 heteroatoms. The van der Waals surface area contributed by atoms with Crippen LogP contribution in [0.5, 0.6) is 0 Å². The van der Waals surface area contributed by atoms with E-state index in [-0.39, 0.29) is 19.3 Å². The van der Waals surface area contributed by atoms with E-state index in [0.29, 0.717) is 5.57 Å². The molecule has 5 bridgehead atoms. The molecule has 0 aromatic carbocycles. The Bertz CT molecular complexity index is 1740. The number of aliphatic hydroxyl groups excluding tert-OH is 1. The quantitative estimate of drug-likeness (QED) is 0.168.